The minimum Gasteiger partial charge on any atom is -0.494 e. The molecule has 0 bridgehead atoms. The quantitative estimate of drug-likeness (QED) is 0.451. The van der Waals surface area contributed by atoms with Crippen molar-refractivity contribution in [2.75, 3.05) is 49.8 Å². The van der Waals surface area contributed by atoms with Gasteiger partial charge >= 0.3 is 0 Å². The van der Waals surface area contributed by atoms with Crippen LogP contribution in [0.15, 0.2) is 43.4 Å². The number of methoxy groups -OCH3 is 1. The molecule has 1 aliphatic rings. The van der Waals surface area contributed by atoms with Gasteiger partial charge in [-0.05, 0) is 49.7 Å². The van der Waals surface area contributed by atoms with Gasteiger partial charge < -0.3 is 24.8 Å². The average molecular weight is 480 g/mol. The topological polar surface area (TPSA) is 87.6 Å². The lowest BCUT2D eigenvalue weighted by atomic mass is 10.1. The molecule has 0 aliphatic carbocycles. The molecule has 35 heavy (non-hydrogen) atoms. The highest BCUT2D eigenvalue weighted by molar-refractivity contribution is 6.02. The van der Waals surface area contributed by atoms with Crippen molar-refractivity contribution in [1.82, 2.24) is 19.4 Å². The number of aromatic nitrogens is 3. The maximum atomic E-state index is 14.7. The molecule has 1 amide bonds. The van der Waals surface area contributed by atoms with Gasteiger partial charge in [-0.2, -0.15) is 4.98 Å². The Morgan fingerprint density at radius 1 is 1.29 bits per heavy atom. The normalized spacial score (nSPS) is 13.2. The highest BCUT2D eigenvalue weighted by Gasteiger charge is 2.19. The first kappa shape index (κ1) is 24.2. The van der Waals surface area contributed by atoms with Gasteiger partial charge in [-0.3, -0.25) is 9.69 Å². The van der Waals surface area contributed by atoms with E-state index in [9.17, 15) is 9.18 Å². The number of carbonyl (C=O) groups excluding carboxylic acids is 1. The number of nitrogens with one attached hydrogen (secondary N) is 2. The molecule has 2 N–H and O–H groups in total. The number of hydrogen-bond acceptors (Lipinski definition) is 7. The van der Waals surface area contributed by atoms with Crippen LogP contribution in [0.5, 0.6) is 5.75 Å². The minimum absolute atomic E-state index is 0.143. The van der Waals surface area contributed by atoms with E-state index in [-0.39, 0.29) is 17.7 Å². The summed E-state index contributed by atoms with van der Waals surface area (Å²) in [7, 11) is 5.26. The standard InChI is InChI=1S/C25H30FN7O2/c1-6-23(34)28-19-10-20(22(35-5)11-21(19)31(3)4)29-25-27-12-18(26)24(30-25)33-13-16(2)17(15-33)14-32-8-7-9-32/h6,10-13,15H,1,7-9,14H2,2-5H3,(H,28,34)(H,27,29,30). The maximum absolute atomic E-state index is 14.7. The number of likely N-dealkylation sites (tertiary alicyclic amines) is 1. The Labute approximate surface area is 204 Å². The predicted molar refractivity (Wildman–Crippen MR) is 135 cm³/mol. The lowest BCUT2D eigenvalue weighted by Gasteiger charge is -2.30. The Morgan fingerprint density at radius 3 is 2.69 bits per heavy atom. The first-order chi connectivity index (χ1) is 16.8. The van der Waals surface area contributed by atoms with Crippen molar-refractivity contribution in [2.45, 2.75) is 19.9 Å². The van der Waals surface area contributed by atoms with Crippen LogP contribution >= 0.6 is 0 Å². The monoisotopic (exact) mass is 479 g/mol. The second-order valence-electron chi connectivity index (χ2n) is 8.65. The molecule has 0 unspecified atom stereocenters. The zero-order chi connectivity index (χ0) is 25.1. The van der Waals surface area contributed by atoms with Gasteiger partial charge in [-0.15, -0.1) is 0 Å². The average Bonchev–Trinajstić information content (AvgIpc) is 3.17. The summed E-state index contributed by atoms with van der Waals surface area (Å²) in [6.45, 7) is 8.53. The lowest BCUT2D eigenvalue weighted by Crippen LogP contribution is -2.36. The van der Waals surface area contributed by atoms with E-state index >= 15 is 0 Å². The van der Waals surface area contributed by atoms with Gasteiger partial charge in [0.15, 0.2) is 11.6 Å². The second kappa shape index (κ2) is 10.1. The molecule has 9 nitrogen and oxygen atoms in total. The third kappa shape index (κ3) is 5.27. The zero-order valence-corrected chi connectivity index (χ0v) is 20.4. The number of ether oxygens (including phenoxy) is 1. The summed E-state index contributed by atoms with van der Waals surface area (Å²) in [4.78, 5) is 24.7. The van der Waals surface area contributed by atoms with Crippen molar-refractivity contribution >= 4 is 28.9 Å². The molecule has 184 valence electrons. The lowest BCUT2D eigenvalue weighted by molar-refractivity contribution is -0.111. The number of hydrogen-bond donors (Lipinski definition) is 2. The Balaban J connectivity index is 1.66. The highest BCUT2D eigenvalue weighted by atomic mass is 19.1. The molecule has 4 rings (SSSR count). The molecule has 0 radical (unpaired) electrons. The first-order valence-electron chi connectivity index (χ1n) is 11.3. The molecular formula is C25H30FN7O2. The van der Waals surface area contributed by atoms with Gasteiger partial charge in [0.2, 0.25) is 11.9 Å². The van der Waals surface area contributed by atoms with Crippen LogP contribution in [-0.2, 0) is 11.3 Å². The summed E-state index contributed by atoms with van der Waals surface area (Å²) in [5, 5.41) is 5.90. The second-order valence-corrected chi connectivity index (χ2v) is 8.65. The van der Waals surface area contributed by atoms with Crippen LogP contribution in [0.2, 0.25) is 0 Å². The maximum Gasteiger partial charge on any atom is 0.247 e. The van der Waals surface area contributed by atoms with Crippen LogP contribution < -0.4 is 20.3 Å². The van der Waals surface area contributed by atoms with Gasteiger partial charge in [-0.1, -0.05) is 6.58 Å². The molecule has 3 heterocycles. The fourth-order valence-corrected chi connectivity index (χ4v) is 3.88. The van der Waals surface area contributed by atoms with Crippen LogP contribution in [0, 0.1) is 12.7 Å². The van der Waals surface area contributed by atoms with Gasteiger partial charge in [0.1, 0.15) is 5.75 Å². The fraction of sp³-hybridized carbons (Fsp3) is 0.320. The zero-order valence-electron chi connectivity index (χ0n) is 20.4. The largest absolute Gasteiger partial charge is 0.494 e. The fourth-order valence-electron chi connectivity index (χ4n) is 3.88. The molecule has 2 aromatic heterocycles. The number of rotatable bonds is 9. The molecule has 10 heteroatoms. The van der Waals surface area contributed by atoms with E-state index in [1.807, 2.05) is 38.3 Å². The summed E-state index contributed by atoms with van der Waals surface area (Å²) < 4.78 is 22.0. The Kier molecular flexibility index (Phi) is 7.02. The van der Waals surface area contributed by atoms with E-state index in [0.29, 0.717) is 17.1 Å². The van der Waals surface area contributed by atoms with Gasteiger partial charge in [0, 0.05) is 39.1 Å². The van der Waals surface area contributed by atoms with Crippen molar-refractivity contribution in [3.63, 3.8) is 0 Å². The van der Waals surface area contributed by atoms with E-state index in [2.05, 4.69) is 32.1 Å². The van der Waals surface area contributed by atoms with Gasteiger partial charge in [-0.25, -0.2) is 9.37 Å². The van der Waals surface area contributed by atoms with Gasteiger partial charge in [0.25, 0.3) is 0 Å². The molecule has 1 aliphatic heterocycles. The van der Waals surface area contributed by atoms with Crippen LogP contribution in [0.1, 0.15) is 17.5 Å². The number of amides is 1. The molecular weight excluding hydrogens is 449 g/mol. The predicted octanol–water partition coefficient (Wildman–Crippen LogP) is 3.86. The smallest absolute Gasteiger partial charge is 0.247 e. The first-order valence-corrected chi connectivity index (χ1v) is 11.3. The molecule has 3 aromatic rings. The van der Waals surface area contributed by atoms with Crippen LogP contribution in [-0.4, -0.2) is 59.6 Å². The van der Waals surface area contributed by atoms with E-state index in [4.69, 9.17) is 4.74 Å². The Morgan fingerprint density at radius 2 is 2.06 bits per heavy atom. The summed E-state index contributed by atoms with van der Waals surface area (Å²) >= 11 is 0. The SMILES string of the molecule is C=CC(=O)Nc1cc(Nc2ncc(F)c(-n3cc(C)c(CN4CCC4)c3)n2)c(OC)cc1N(C)C. The van der Waals surface area contributed by atoms with Crippen molar-refractivity contribution in [3.8, 4) is 11.6 Å². The Bertz CT molecular complexity index is 1250. The molecule has 1 saturated heterocycles. The summed E-state index contributed by atoms with van der Waals surface area (Å²) in [5.74, 6) is -0.0386. The molecule has 1 fully saturated rings. The molecule has 0 saturated carbocycles. The number of halogens is 1. The van der Waals surface area contributed by atoms with Crippen molar-refractivity contribution in [3.05, 3.63) is 60.3 Å². The number of nitrogens with zero attached hydrogens (tertiary/aromatic N) is 5. The third-order valence-corrected chi connectivity index (χ3v) is 5.94. The van der Waals surface area contributed by atoms with E-state index in [1.165, 1.54) is 12.5 Å². The number of aryl methyl sites for hydroxylation is 1. The van der Waals surface area contributed by atoms with Gasteiger partial charge in [0.05, 0.1) is 30.4 Å². The van der Waals surface area contributed by atoms with E-state index in [0.717, 1.165) is 42.6 Å². The molecule has 0 atom stereocenters. The number of anilines is 4. The third-order valence-electron chi connectivity index (χ3n) is 5.94. The van der Waals surface area contributed by atoms with E-state index < -0.39 is 5.82 Å². The number of benzene rings is 1. The summed E-state index contributed by atoms with van der Waals surface area (Å²) in [5.41, 5.74) is 4.01. The molecule has 0 spiro atoms. The van der Waals surface area contributed by atoms with Crippen molar-refractivity contribution < 1.29 is 13.9 Å². The van der Waals surface area contributed by atoms with E-state index in [1.54, 1.807) is 23.8 Å². The molecule has 1 aromatic carbocycles. The van der Waals surface area contributed by atoms with Crippen molar-refractivity contribution in [2.24, 2.45) is 0 Å². The van der Waals surface area contributed by atoms with Crippen LogP contribution in [0.3, 0.4) is 0 Å². The highest BCUT2D eigenvalue weighted by Crippen LogP contribution is 2.37. The Hall–Kier alpha value is -3.92. The van der Waals surface area contributed by atoms with Crippen molar-refractivity contribution in [1.29, 1.82) is 0 Å². The summed E-state index contributed by atoms with van der Waals surface area (Å²) in [6, 6.07) is 3.50. The van der Waals surface area contributed by atoms with Crippen LogP contribution in [0.4, 0.5) is 27.4 Å². The summed E-state index contributed by atoms with van der Waals surface area (Å²) in [6.07, 6.45) is 7.34. The minimum atomic E-state index is -0.532. The number of carbonyl (C=O) groups is 1. The van der Waals surface area contributed by atoms with Crippen LogP contribution in [0.25, 0.3) is 5.82 Å².